The Morgan fingerprint density at radius 1 is 0.543 bits per heavy atom. The molecule has 46 heavy (non-hydrogen) atoms. The van der Waals surface area contributed by atoms with E-state index in [1.165, 1.54) is 145 Å². The third kappa shape index (κ3) is 22.1. The van der Waals surface area contributed by atoms with Gasteiger partial charge in [0.15, 0.2) is 0 Å². The molecule has 0 aromatic carbocycles. The Morgan fingerprint density at radius 3 is 1.63 bits per heavy atom. The van der Waals surface area contributed by atoms with Crippen LogP contribution in [0, 0.1) is 10.8 Å². The standard InChI is InChI=1S/C46H82/c1-11-17-22-26-27-29-34-43(39-42(16-6)33-21-15-5)44(38-41(7)40-45(8,9)10)46(35-30-24-19-13-3,36-31-25-20-14-4)37-32-28-23-18-12-2/h29-30,32,34-35,37-39H,11-28,31,33,36,40H2,1-10H3. The molecule has 0 rings (SSSR count). The Labute approximate surface area is 291 Å². The molecule has 0 aliphatic carbocycles. The summed E-state index contributed by atoms with van der Waals surface area (Å²) in [6.07, 6.45) is 48.3. The fourth-order valence-corrected chi connectivity index (χ4v) is 6.51. The summed E-state index contributed by atoms with van der Waals surface area (Å²) in [4.78, 5) is 0. The molecule has 0 saturated carbocycles. The molecule has 1 atom stereocenters. The summed E-state index contributed by atoms with van der Waals surface area (Å²) in [5.41, 5.74) is 6.30. The first-order chi connectivity index (χ1) is 22.1. The highest BCUT2D eigenvalue weighted by molar-refractivity contribution is 5.51. The van der Waals surface area contributed by atoms with Gasteiger partial charge < -0.3 is 0 Å². The summed E-state index contributed by atoms with van der Waals surface area (Å²) in [7, 11) is 0. The maximum absolute atomic E-state index is 2.66. The van der Waals surface area contributed by atoms with Crippen LogP contribution >= 0.6 is 0 Å². The van der Waals surface area contributed by atoms with Crippen molar-refractivity contribution < 1.29 is 0 Å². The smallest absolute Gasteiger partial charge is 0.0318 e. The number of hydrogen-bond donors (Lipinski definition) is 0. The van der Waals surface area contributed by atoms with Crippen molar-refractivity contribution in [2.24, 2.45) is 10.8 Å². The van der Waals surface area contributed by atoms with Gasteiger partial charge in [-0.25, -0.2) is 0 Å². The van der Waals surface area contributed by atoms with E-state index in [4.69, 9.17) is 0 Å². The topological polar surface area (TPSA) is 0 Å². The van der Waals surface area contributed by atoms with E-state index in [1.807, 2.05) is 0 Å². The van der Waals surface area contributed by atoms with Crippen LogP contribution in [0.4, 0.5) is 0 Å². The minimum Gasteiger partial charge on any atom is -0.0873 e. The molecule has 0 amide bonds. The average Bonchev–Trinajstić information content (AvgIpc) is 3.01. The van der Waals surface area contributed by atoms with Crippen molar-refractivity contribution >= 4 is 0 Å². The van der Waals surface area contributed by atoms with Gasteiger partial charge in [0.05, 0.1) is 0 Å². The molecule has 0 aromatic heterocycles. The van der Waals surface area contributed by atoms with Gasteiger partial charge in [0.1, 0.15) is 0 Å². The van der Waals surface area contributed by atoms with E-state index in [2.05, 4.69) is 118 Å². The lowest BCUT2D eigenvalue weighted by molar-refractivity contribution is 0.408. The molecule has 0 saturated heterocycles. The van der Waals surface area contributed by atoms with Gasteiger partial charge in [-0.15, -0.1) is 0 Å². The van der Waals surface area contributed by atoms with Crippen LogP contribution in [-0.4, -0.2) is 0 Å². The zero-order valence-corrected chi connectivity index (χ0v) is 33.2. The van der Waals surface area contributed by atoms with Crippen LogP contribution in [0.1, 0.15) is 210 Å². The fourth-order valence-electron chi connectivity index (χ4n) is 6.51. The lowest BCUT2D eigenvalue weighted by Gasteiger charge is -2.33. The van der Waals surface area contributed by atoms with Gasteiger partial charge in [0, 0.05) is 5.41 Å². The minimum absolute atomic E-state index is 0.0885. The summed E-state index contributed by atoms with van der Waals surface area (Å²) in [6.45, 7) is 23.5. The second-order valence-corrected chi connectivity index (χ2v) is 15.4. The van der Waals surface area contributed by atoms with Crippen molar-refractivity contribution in [1.82, 2.24) is 0 Å². The zero-order chi connectivity index (χ0) is 34.5. The fraction of sp³-hybridized carbons (Fsp3) is 0.739. The second kappa shape index (κ2) is 28.5. The Bertz CT molecular complexity index is 908. The van der Waals surface area contributed by atoms with Crippen LogP contribution < -0.4 is 0 Å². The van der Waals surface area contributed by atoms with Gasteiger partial charge in [0.2, 0.25) is 0 Å². The number of allylic oxidation sites excluding steroid dienone is 12. The summed E-state index contributed by atoms with van der Waals surface area (Å²) >= 11 is 0. The van der Waals surface area contributed by atoms with Crippen molar-refractivity contribution in [3.05, 3.63) is 70.9 Å². The minimum atomic E-state index is -0.0885. The van der Waals surface area contributed by atoms with E-state index in [-0.39, 0.29) is 10.8 Å². The predicted octanol–water partition coefficient (Wildman–Crippen LogP) is 16.6. The van der Waals surface area contributed by atoms with E-state index in [0.29, 0.717) is 0 Å². The van der Waals surface area contributed by atoms with Crippen LogP contribution in [0.3, 0.4) is 0 Å². The van der Waals surface area contributed by atoms with Crippen molar-refractivity contribution in [1.29, 1.82) is 0 Å². The van der Waals surface area contributed by atoms with Crippen molar-refractivity contribution in [3.63, 3.8) is 0 Å². The molecule has 0 heterocycles. The molecule has 0 heteroatoms. The maximum atomic E-state index is 2.66. The first-order valence-electron chi connectivity index (χ1n) is 20.3. The first kappa shape index (κ1) is 44.4. The van der Waals surface area contributed by atoms with Crippen molar-refractivity contribution in [2.45, 2.75) is 210 Å². The van der Waals surface area contributed by atoms with Gasteiger partial charge >= 0.3 is 0 Å². The molecule has 0 aromatic rings. The van der Waals surface area contributed by atoms with E-state index in [9.17, 15) is 0 Å². The summed E-state index contributed by atoms with van der Waals surface area (Å²) in [6, 6.07) is 0. The van der Waals surface area contributed by atoms with E-state index in [1.54, 1.807) is 5.57 Å². The highest BCUT2D eigenvalue weighted by Crippen LogP contribution is 2.43. The Hall–Kier alpha value is -1.56. The maximum Gasteiger partial charge on any atom is 0.0318 e. The van der Waals surface area contributed by atoms with E-state index in [0.717, 1.165) is 12.8 Å². The summed E-state index contributed by atoms with van der Waals surface area (Å²) in [5.74, 6) is 0. The van der Waals surface area contributed by atoms with Crippen molar-refractivity contribution in [2.75, 3.05) is 0 Å². The van der Waals surface area contributed by atoms with Gasteiger partial charge in [-0.2, -0.15) is 0 Å². The molecule has 0 fully saturated rings. The second-order valence-electron chi connectivity index (χ2n) is 15.4. The SMILES string of the molecule is CCCCC=CC(C=CCCCCC)(CCCCCC)C(C=C(C)CC(C)(C)C)=C(C=CCCCCCC)C=C(CC)CCCC. The highest BCUT2D eigenvalue weighted by atomic mass is 14.3. The number of hydrogen-bond acceptors (Lipinski definition) is 0. The molecule has 1 unspecified atom stereocenters. The Morgan fingerprint density at radius 2 is 1.07 bits per heavy atom. The average molecular weight is 635 g/mol. The molecular weight excluding hydrogens is 553 g/mol. The Balaban J connectivity index is 7.72. The van der Waals surface area contributed by atoms with Crippen LogP contribution in [0.5, 0.6) is 0 Å². The number of unbranched alkanes of at least 4 members (excludes halogenated alkanes) is 13. The summed E-state index contributed by atoms with van der Waals surface area (Å²) < 4.78 is 0. The third-order valence-corrected chi connectivity index (χ3v) is 9.17. The van der Waals surface area contributed by atoms with Gasteiger partial charge in [0.25, 0.3) is 0 Å². The predicted molar refractivity (Wildman–Crippen MR) is 214 cm³/mol. The molecule has 0 N–H and O–H groups in total. The summed E-state index contributed by atoms with van der Waals surface area (Å²) in [5, 5.41) is 0. The lowest BCUT2D eigenvalue weighted by atomic mass is 9.71. The highest BCUT2D eigenvalue weighted by Gasteiger charge is 2.29. The molecule has 0 bridgehead atoms. The van der Waals surface area contributed by atoms with Gasteiger partial charge in [-0.05, 0) is 87.7 Å². The third-order valence-electron chi connectivity index (χ3n) is 9.17. The van der Waals surface area contributed by atoms with E-state index >= 15 is 0 Å². The van der Waals surface area contributed by atoms with Crippen molar-refractivity contribution in [3.8, 4) is 0 Å². The van der Waals surface area contributed by atoms with Crippen LogP contribution in [0.2, 0.25) is 0 Å². The van der Waals surface area contributed by atoms with Gasteiger partial charge in [-0.1, -0.05) is 199 Å². The molecular formula is C46H82. The Kier molecular flexibility index (Phi) is 27.5. The molecule has 0 nitrogen and oxygen atoms in total. The molecule has 0 aliphatic rings. The van der Waals surface area contributed by atoms with Crippen LogP contribution in [0.25, 0.3) is 0 Å². The largest absolute Gasteiger partial charge is 0.0873 e. The first-order valence-corrected chi connectivity index (χ1v) is 20.3. The zero-order valence-electron chi connectivity index (χ0n) is 33.2. The monoisotopic (exact) mass is 635 g/mol. The van der Waals surface area contributed by atoms with Crippen LogP contribution in [0.15, 0.2) is 70.9 Å². The quantitative estimate of drug-likeness (QED) is 0.0456. The lowest BCUT2D eigenvalue weighted by Crippen LogP contribution is -2.20. The molecule has 0 radical (unpaired) electrons. The van der Waals surface area contributed by atoms with Gasteiger partial charge in [-0.3, -0.25) is 0 Å². The van der Waals surface area contributed by atoms with Crippen LogP contribution in [-0.2, 0) is 0 Å². The molecule has 0 spiro atoms. The molecule has 266 valence electrons. The number of rotatable bonds is 28. The normalized spacial score (nSPS) is 15.4. The van der Waals surface area contributed by atoms with E-state index < -0.39 is 0 Å². The molecule has 0 aliphatic heterocycles.